The second kappa shape index (κ2) is 13.9. The van der Waals surface area contributed by atoms with Crippen molar-refractivity contribution >= 4 is 25.0 Å². The van der Waals surface area contributed by atoms with Crippen LogP contribution in [0, 0.1) is 5.92 Å². The van der Waals surface area contributed by atoms with Crippen LogP contribution in [0.5, 0.6) is 5.75 Å². The van der Waals surface area contributed by atoms with Crippen LogP contribution in [-0.4, -0.2) is 39.1 Å². The Bertz CT molecular complexity index is 1790. The van der Waals surface area contributed by atoms with Gasteiger partial charge in [-0.25, -0.2) is 0 Å². The van der Waals surface area contributed by atoms with Gasteiger partial charge in [0.1, 0.15) is 29.2 Å². The Morgan fingerprint density at radius 2 is 1.55 bits per heavy atom. The van der Waals surface area contributed by atoms with E-state index >= 15 is 0 Å². The zero-order valence-corrected chi connectivity index (χ0v) is 34.3. The summed E-state index contributed by atoms with van der Waals surface area (Å²) >= 11 is 2.13. The molecule has 0 aromatic heterocycles. The van der Waals surface area contributed by atoms with E-state index in [2.05, 4.69) is 142 Å². The van der Waals surface area contributed by atoms with Gasteiger partial charge < -0.3 is 4.84 Å². The minimum Gasteiger partial charge on any atom is -0.315 e. The monoisotopic (exact) mass is 692 g/mol. The van der Waals surface area contributed by atoms with Crippen molar-refractivity contribution in [1.82, 2.24) is 0 Å². The smallest absolute Gasteiger partial charge is 0.197 e. The van der Waals surface area contributed by atoms with Crippen LogP contribution >= 0.6 is 11.8 Å². The Morgan fingerprint density at radius 3 is 2.27 bits per heavy atom. The molecule has 1 fully saturated rings. The molecule has 3 aromatic carbocycles. The molecule has 3 aromatic rings. The van der Waals surface area contributed by atoms with E-state index in [0.29, 0.717) is 15.8 Å². The predicted molar refractivity (Wildman–Crippen MR) is 217 cm³/mol. The molecule has 1 aliphatic heterocycles. The third-order valence-electron chi connectivity index (χ3n) is 11.9. The minimum absolute atomic E-state index is 0.00871. The van der Waals surface area contributed by atoms with Crippen molar-refractivity contribution in [2.75, 3.05) is 21.1 Å². The maximum Gasteiger partial charge on any atom is 0.197 e. The molecule has 2 unspecified atom stereocenters. The Hall–Kier alpha value is -2.53. The van der Waals surface area contributed by atoms with Gasteiger partial charge in [-0.1, -0.05) is 139 Å². The number of benzene rings is 3. The first-order chi connectivity index (χ1) is 23.2. The van der Waals surface area contributed by atoms with E-state index in [-0.39, 0.29) is 5.41 Å². The summed E-state index contributed by atoms with van der Waals surface area (Å²) in [6.45, 7) is 19.6. The van der Waals surface area contributed by atoms with Gasteiger partial charge in [0.25, 0.3) is 0 Å². The standard InChI is InChI=1S/C45H62NOSSi/c1-12-14-15-16-17-20-25-45(6)39-22-19-18-21-35(39)36-24-23-34(29-40(36)45)38-27-33(13-2)28-41(42(38)47-46(7,8)9)49(10,11)44-32(5)31(4)37-26-30(3)48-43(37)44/h18-19,21-24,27-30,32H,12-17,20,25-26H2,1-11H3/q+1/t30?,32-,45?/m1/s1. The first-order valence-corrected chi connectivity index (χ1v) is 23.1. The number of thioether (sulfide) groups is 1. The molecule has 0 saturated carbocycles. The van der Waals surface area contributed by atoms with Crippen molar-refractivity contribution in [2.45, 2.75) is 123 Å². The Balaban J connectivity index is 1.50. The second-order valence-corrected chi connectivity index (χ2v) is 22.7. The lowest BCUT2D eigenvalue weighted by Gasteiger charge is -2.34. The highest BCUT2D eigenvalue weighted by Crippen LogP contribution is 2.55. The van der Waals surface area contributed by atoms with Crippen LogP contribution in [-0.2, 0) is 11.8 Å². The summed E-state index contributed by atoms with van der Waals surface area (Å²) in [5.74, 6) is 1.59. The van der Waals surface area contributed by atoms with Crippen molar-refractivity contribution in [1.29, 1.82) is 0 Å². The molecule has 1 saturated heterocycles. The Labute approximate surface area is 304 Å². The van der Waals surface area contributed by atoms with Crippen LogP contribution in [0.15, 0.2) is 75.8 Å². The second-order valence-electron chi connectivity index (χ2n) is 16.9. The lowest BCUT2D eigenvalue weighted by molar-refractivity contribution is -1.03. The molecule has 0 radical (unpaired) electrons. The highest BCUT2D eigenvalue weighted by molar-refractivity contribution is 8.04. The van der Waals surface area contributed by atoms with Crippen LogP contribution in [0.3, 0.4) is 0 Å². The molecule has 2 nitrogen and oxygen atoms in total. The maximum absolute atomic E-state index is 7.13. The largest absolute Gasteiger partial charge is 0.315 e. The number of unbranched alkanes of at least 4 members (excludes halogenated alkanes) is 5. The van der Waals surface area contributed by atoms with Crippen molar-refractivity contribution < 1.29 is 9.48 Å². The van der Waals surface area contributed by atoms with E-state index in [4.69, 9.17) is 4.84 Å². The number of nitrogens with zero attached hydrogens (tertiary/aromatic N) is 1. The van der Waals surface area contributed by atoms with Crippen LogP contribution in [0.1, 0.15) is 110 Å². The van der Waals surface area contributed by atoms with Crippen LogP contribution in [0.4, 0.5) is 0 Å². The zero-order chi connectivity index (χ0) is 35.3. The fraction of sp³-hybridized carbons (Fsp3) is 0.511. The summed E-state index contributed by atoms with van der Waals surface area (Å²) in [7, 11) is 4.30. The molecule has 1 heterocycles. The molecular weight excluding hydrogens is 631 g/mol. The van der Waals surface area contributed by atoms with Gasteiger partial charge in [-0.2, -0.15) is 0 Å². The Kier molecular flexibility index (Phi) is 10.3. The van der Waals surface area contributed by atoms with E-state index in [0.717, 1.165) is 12.2 Å². The maximum atomic E-state index is 7.13. The first kappa shape index (κ1) is 36.3. The molecule has 0 bridgehead atoms. The van der Waals surface area contributed by atoms with Gasteiger partial charge in [-0.3, -0.25) is 0 Å². The van der Waals surface area contributed by atoms with Gasteiger partial charge in [0, 0.05) is 21.1 Å². The van der Waals surface area contributed by atoms with Gasteiger partial charge in [-0.15, -0.1) is 16.4 Å². The van der Waals surface area contributed by atoms with E-state index < -0.39 is 8.07 Å². The number of hydrogen-bond donors (Lipinski definition) is 0. The molecule has 0 spiro atoms. The molecule has 2 aliphatic carbocycles. The van der Waals surface area contributed by atoms with Crippen molar-refractivity contribution in [2.24, 2.45) is 5.92 Å². The molecule has 49 heavy (non-hydrogen) atoms. The SMILES string of the molecule is CCCCCCCCC1(C)c2ccccc2-c2ccc(-c3cc(CC)cc([Si](C)(C)C4=C5SC(C)CC5=C(C)[C@H]4C)c3O[N+](C)(C)C)cc21. The summed E-state index contributed by atoms with van der Waals surface area (Å²) in [6.07, 6.45) is 11.4. The molecule has 4 heteroatoms. The van der Waals surface area contributed by atoms with Crippen LogP contribution < -0.4 is 10.0 Å². The van der Waals surface area contributed by atoms with Gasteiger partial charge in [0.2, 0.25) is 0 Å². The normalized spacial score (nSPS) is 21.8. The molecule has 6 rings (SSSR count). The van der Waals surface area contributed by atoms with Gasteiger partial charge in [0.05, 0.1) is 0 Å². The number of allylic oxidation sites excluding steroid dienone is 3. The lowest BCUT2D eigenvalue weighted by Crippen LogP contribution is -2.49. The van der Waals surface area contributed by atoms with E-state index in [1.165, 1.54) is 95.5 Å². The molecule has 262 valence electrons. The topological polar surface area (TPSA) is 9.23 Å². The van der Waals surface area contributed by atoms with E-state index in [1.54, 1.807) is 21.2 Å². The summed E-state index contributed by atoms with van der Waals surface area (Å²) in [5.41, 5.74) is 13.0. The van der Waals surface area contributed by atoms with Crippen LogP contribution in [0.25, 0.3) is 22.3 Å². The molecule has 3 aliphatic rings. The summed E-state index contributed by atoms with van der Waals surface area (Å²) in [5, 5.41) is 3.83. The fourth-order valence-electron chi connectivity index (χ4n) is 9.12. The van der Waals surface area contributed by atoms with E-state index in [9.17, 15) is 0 Å². The fourth-order valence-corrected chi connectivity index (χ4v) is 15.0. The molecule has 0 N–H and O–H groups in total. The van der Waals surface area contributed by atoms with Gasteiger partial charge >= 0.3 is 0 Å². The number of hydroxylamine groups is 3. The number of aryl methyl sites for hydroxylation is 1. The molecule has 3 atom stereocenters. The summed E-state index contributed by atoms with van der Waals surface area (Å²) in [4.78, 5) is 8.75. The van der Waals surface area contributed by atoms with Crippen LogP contribution in [0.2, 0.25) is 13.1 Å². The Morgan fingerprint density at radius 1 is 0.857 bits per heavy atom. The highest BCUT2D eigenvalue weighted by Gasteiger charge is 2.45. The third kappa shape index (κ3) is 6.67. The highest BCUT2D eigenvalue weighted by atomic mass is 32.2. The van der Waals surface area contributed by atoms with Crippen molar-refractivity contribution in [3.8, 4) is 28.0 Å². The third-order valence-corrected chi connectivity index (χ3v) is 17.1. The van der Waals surface area contributed by atoms with Gasteiger partial charge in [0.15, 0.2) is 5.75 Å². The zero-order valence-electron chi connectivity index (χ0n) is 32.5. The van der Waals surface area contributed by atoms with Gasteiger partial charge in [-0.05, 0) is 88.4 Å². The minimum atomic E-state index is -2.17. The average Bonchev–Trinajstić information content (AvgIpc) is 3.63. The summed E-state index contributed by atoms with van der Waals surface area (Å²) in [6, 6.07) is 21.6. The quantitative estimate of drug-likeness (QED) is 0.0763. The number of fused-ring (bicyclic) bond motifs is 4. The first-order valence-electron chi connectivity index (χ1n) is 19.3. The molecule has 0 amide bonds. The molecular formula is C45H62NOSSi+. The van der Waals surface area contributed by atoms with Crippen molar-refractivity contribution in [3.63, 3.8) is 0 Å². The predicted octanol–water partition coefficient (Wildman–Crippen LogP) is 12.2. The van der Waals surface area contributed by atoms with E-state index in [1.807, 2.05) is 0 Å². The number of quaternary nitrogens is 1. The van der Waals surface area contributed by atoms with Crippen molar-refractivity contribution in [3.05, 3.63) is 92.5 Å². The average molecular weight is 693 g/mol. The number of rotatable bonds is 13. The summed E-state index contributed by atoms with van der Waals surface area (Å²) < 4.78 is 0.428. The lowest BCUT2D eigenvalue weighted by atomic mass is 9.75. The number of hydrogen-bond acceptors (Lipinski definition) is 2.